The average molecular weight is 275 g/mol. The van der Waals surface area contributed by atoms with Gasteiger partial charge in [-0.15, -0.1) is 0 Å². The van der Waals surface area contributed by atoms with Gasteiger partial charge in [0.05, 0.1) is 24.8 Å². The number of pyridine rings is 1. The Morgan fingerprint density at radius 3 is 2.60 bits per heavy atom. The van der Waals surface area contributed by atoms with Crippen LogP contribution in [0.4, 0.5) is 0 Å². The van der Waals surface area contributed by atoms with Crippen molar-refractivity contribution in [2.75, 3.05) is 13.7 Å². The molecule has 0 bridgehead atoms. The summed E-state index contributed by atoms with van der Waals surface area (Å²) in [5.41, 5.74) is -0.136. The fraction of sp³-hybridized carbons (Fsp3) is 0.214. The number of nitrogens with one attached hydrogen (secondary N) is 1. The predicted octanol–water partition coefficient (Wildman–Crippen LogP) is 1.49. The van der Waals surface area contributed by atoms with Gasteiger partial charge in [0.1, 0.15) is 5.56 Å². The lowest BCUT2D eigenvalue weighted by molar-refractivity contribution is 0.0523. The first-order valence-electron chi connectivity index (χ1n) is 6.00. The van der Waals surface area contributed by atoms with Crippen molar-refractivity contribution in [2.45, 2.75) is 6.92 Å². The molecular weight excluding hydrogens is 262 g/mol. The number of fused-ring (bicyclic) bond motifs is 1. The van der Waals surface area contributed by atoms with Crippen molar-refractivity contribution >= 4 is 22.8 Å². The minimum Gasteiger partial charge on any atom is -0.465 e. The first-order valence-corrected chi connectivity index (χ1v) is 6.00. The lowest BCUT2D eigenvalue weighted by Gasteiger charge is -2.06. The summed E-state index contributed by atoms with van der Waals surface area (Å²) in [4.78, 5) is 37.7. The number of hydrogen-bond donors (Lipinski definition) is 1. The molecule has 6 nitrogen and oxygen atoms in total. The van der Waals surface area contributed by atoms with E-state index in [1.807, 2.05) is 0 Å². The second kappa shape index (κ2) is 5.56. The molecule has 2 rings (SSSR count). The van der Waals surface area contributed by atoms with Crippen LogP contribution in [0.1, 0.15) is 27.6 Å². The summed E-state index contributed by atoms with van der Waals surface area (Å²) in [6.07, 6.45) is 0. The van der Waals surface area contributed by atoms with E-state index in [4.69, 9.17) is 4.74 Å². The van der Waals surface area contributed by atoms with Gasteiger partial charge in [0.15, 0.2) is 0 Å². The predicted molar refractivity (Wildman–Crippen MR) is 71.9 cm³/mol. The number of H-pyrrole nitrogens is 1. The second-order valence-electron chi connectivity index (χ2n) is 3.99. The van der Waals surface area contributed by atoms with Crippen LogP contribution in [0.2, 0.25) is 0 Å². The SMILES string of the molecule is CCOC(=O)c1cc2cccc(C(=O)OC)c2[nH]c1=O. The molecule has 1 heterocycles. The highest BCUT2D eigenvalue weighted by atomic mass is 16.5. The van der Waals surface area contributed by atoms with Gasteiger partial charge in [0.2, 0.25) is 0 Å². The number of rotatable bonds is 3. The third-order valence-corrected chi connectivity index (χ3v) is 2.78. The number of para-hydroxylation sites is 1. The number of methoxy groups -OCH3 is 1. The third kappa shape index (κ3) is 2.40. The summed E-state index contributed by atoms with van der Waals surface area (Å²) in [7, 11) is 1.26. The molecule has 104 valence electrons. The first-order chi connectivity index (χ1) is 9.58. The Balaban J connectivity index is 2.65. The largest absolute Gasteiger partial charge is 0.465 e. The Morgan fingerprint density at radius 1 is 1.20 bits per heavy atom. The molecule has 0 saturated heterocycles. The van der Waals surface area contributed by atoms with E-state index in [0.717, 1.165) is 0 Å². The topological polar surface area (TPSA) is 85.5 Å². The molecule has 0 atom stereocenters. The minimum absolute atomic E-state index is 0.0960. The molecule has 1 N–H and O–H groups in total. The zero-order chi connectivity index (χ0) is 14.7. The number of esters is 2. The molecule has 6 heteroatoms. The number of carbonyl (C=O) groups is 2. The van der Waals surface area contributed by atoms with Crippen LogP contribution in [0.3, 0.4) is 0 Å². The van der Waals surface area contributed by atoms with Crippen LogP contribution in [-0.2, 0) is 9.47 Å². The lowest BCUT2D eigenvalue weighted by atomic mass is 10.1. The van der Waals surface area contributed by atoms with Gasteiger partial charge in [-0.1, -0.05) is 12.1 Å². The first kappa shape index (κ1) is 13.8. The van der Waals surface area contributed by atoms with Crippen LogP contribution < -0.4 is 5.56 Å². The summed E-state index contributed by atoms with van der Waals surface area (Å²) in [6.45, 7) is 1.83. The Hall–Kier alpha value is -2.63. The summed E-state index contributed by atoms with van der Waals surface area (Å²) in [6, 6.07) is 6.26. The number of ether oxygens (including phenoxy) is 2. The molecule has 0 aliphatic heterocycles. The van der Waals surface area contributed by atoms with Gasteiger partial charge in [-0.3, -0.25) is 4.79 Å². The van der Waals surface area contributed by atoms with Crippen LogP contribution in [0.25, 0.3) is 10.9 Å². The Bertz CT molecular complexity index is 732. The van der Waals surface area contributed by atoms with Crippen LogP contribution in [0.15, 0.2) is 29.1 Å². The van der Waals surface area contributed by atoms with E-state index in [-0.39, 0.29) is 17.7 Å². The van der Waals surface area contributed by atoms with Crippen LogP contribution in [0.5, 0.6) is 0 Å². The molecule has 0 aliphatic carbocycles. The van der Waals surface area contributed by atoms with Crippen molar-refractivity contribution in [3.8, 4) is 0 Å². The molecule has 20 heavy (non-hydrogen) atoms. The highest BCUT2D eigenvalue weighted by Gasteiger charge is 2.16. The van der Waals surface area contributed by atoms with E-state index in [1.54, 1.807) is 19.1 Å². The van der Waals surface area contributed by atoms with Crippen molar-refractivity contribution in [2.24, 2.45) is 0 Å². The normalized spacial score (nSPS) is 10.3. The average Bonchev–Trinajstić information content (AvgIpc) is 2.45. The van der Waals surface area contributed by atoms with E-state index in [1.165, 1.54) is 19.2 Å². The monoisotopic (exact) mass is 275 g/mol. The van der Waals surface area contributed by atoms with Gasteiger partial charge in [-0.05, 0) is 24.4 Å². The van der Waals surface area contributed by atoms with Crippen molar-refractivity contribution in [3.05, 3.63) is 45.7 Å². The van der Waals surface area contributed by atoms with Crippen molar-refractivity contribution in [1.29, 1.82) is 0 Å². The van der Waals surface area contributed by atoms with E-state index >= 15 is 0 Å². The van der Waals surface area contributed by atoms with Gasteiger partial charge >= 0.3 is 11.9 Å². The lowest BCUT2D eigenvalue weighted by Crippen LogP contribution is -2.20. The van der Waals surface area contributed by atoms with E-state index in [2.05, 4.69) is 9.72 Å². The van der Waals surface area contributed by atoms with Gasteiger partial charge < -0.3 is 14.5 Å². The molecule has 0 saturated carbocycles. The zero-order valence-electron chi connectivity index (χ0n) is 11.1. The molecule has 0 aliphatic rings. The van der Waals surface area contributed by atoms with Crippen LogP contribution >= 0.6 is 0 Å². The van der Waals surface area contributed by atoms with Crippen molar-refractivity contribution in [3.63, 3.8) is 0 Å². The molecule has 0 radical (unpaired) electrons. The zero-order valence-corrected chi connectivity index (χ0v) is 11.1. The number of aromatic nitrogens is 1. The Kier molecular flexibility index (Phi) is 3.84. The van der Waals surface area contributed by atoms with Gasteiger partial charge in [-0.2, -0.15) is 0 Å². The molecule has 0 spiro atoms. The highest BCUT2D eigenvalue weighted by molar-refractivity contribution is 6.04. The molecule has 0 fully saturated rings. The molecule has 2 aromatic rings. The quantitative estimate of drug-likeness (QED) is 0.858. The smallest absolute Gasteiger partial charge is 0.343 e. The number of hydrogen-bond acceptors (Lipinski definition) is 5. The summed E-state index contributed by atoms with van der Waals surface area (Å²) < 4.78 is 9.45. The Morgan fingerprint density at radius 2 is 1.95 bits per heavy atom. The maximum atomic E-state index is 11.9. The summed E-state index contributed by atoms with van der Waals surface area (Å²) in [5, 5.41) is 0.551. The van der Waals surface area contributed by atoms with Gasteiger partial charge in [0, 0.05) is 0 Å². The number of benzene rings is 1. The van der Waals surface area contributed by atoms with E-state index < -0.39 is 17.5 Å². The fourth-order valence-electron chi connectivity index (χ4n) is 1.87. The van der Waals surface area contributed by atoms with E-state index in [0.29, 0.717) is 10.9 Å². The molecule has 1 aromatic carbocycles. The van der Waals surface area contributed by atoms with Crippen LogP contribution in [0, 0.1) is 0 Å². The minimum atomic E-state index is -0.695. The molecule has 0 unspecified atom stereocenters. The fourth-order valence-corrected chi connectivity index (χ4v) is 1.87. The molecule has 1 aromatic heterocycles. The maximum absolute atomic E-state index is 11.9. The highest BCUT2D eigenvalue weighted by Crippen LogP contribution is 2.17. The van der Waals surface area contributed by atoms with Crippen LogP contribution in [-0.4, -0.2) is 30.6 Å². The number of carbonyl (C=O) groups excluding carboxylic acids is 2. The Labute approximate surface area is 114 Å². The standard InChI is InChI=1S/C14H13NO5/c1-3-20-14(18)10-7-8-5-4-6-9(13(17)19-2)11(8)15-12(10)16/h4-7H,3H2,1-2H3,(H,15,16). The number of aromatic amines is 1. The van der Waals surface area contributed by atoms with Gasteiger partial charge in [0.25, 0.3) is 5.56 Å². The molecular formula is C14H13NO5. The summed E-state index contributed by atoms with van der Waals surface area (Å²) in [5.74, 6) is -1.26. The second-order valence-corrected chi connectivity index (χ2v) is 3.99. The maximum Gasteiger partial charge on any atom is 0.343 e. The summed E-state index contributed by atoms with van der Waals surface area (Å²) >= 11 is 0. The van der Waals surface area contributed by atoms with E-state index in [9.17, 15) is 14.4 Å². The van der Waals surface area contributed by atoms with Crippen molar-refractivity contribution in [1.82, 2.24) is 4.98 Å². The molecule has 0 amide bonds. The van der Waals surface area contributed by atoms with Gasteiger partial charge in [-0.25, -0.2) is 9.59 Å². The third-order valence-electron chi connectivity index (χ3n) is 2.78. The van der Waals surface area contributed by atoms with Crippen molar-refractivity contribution < 1.29 is 19.1 Å².